The Morgan fingerprint density at radius 2 is 2.28 bits per heavy atom. The summed E-state index contributed by atoms with van der Waals surface area (Å²) in [6.45, 7) is 4.03. The highest BCUT2D eigenvalue weighted by Crippen LogP contribution is 2.41. The first kappa shape index (κ1) is 16.8. The molecule has 0 saturated carbocycles. The summed E-state index contributed by atoms with van der Waals surface area (Å²) < 4.78 is 1.15. The van der Waals surface area contributed by atoms with E-state index >= 15 is 0 Å². The van der Waals surface area contributed by atoms with E-state index in [0.717, 1.165) is 47.6 Å². The summed E-state index contributed by atoms with van der Waals surface area (Å²) in [5, 5.41) is 4.49. The van der Waals surface area contributed by atoms with Gasteiger partial charge in [0.2, 0.25) is 0 Å². The number of ketones is 1. The van der Waals surface area contributed by atoms with E-state index < -0.39 is 0 Å². The zero-order chi connectivity index (χ0) is 17.2. The molecule has 0 aromatic carbocycles. The minimum atomic E-state index is 0.345. The molecule has 6 heteroatoms. The van der Waals surface area contributed by atoms with E-state index in [0.29, 0.717) is 18.6 Å². The van der Waals surface area contributed by atoms with Gasteiger partial charge in [-0.15, -0.1) is 22.7 Å². The highest BCUT2D eigenvalue weighted by Gasteiger charge is 2.24. The number of rotatable bonds is 6. The molecule has 1 N–H and O–H groups in total. The van der Waals surface area contributed by atoms with E-state index in [2.05, 4.69) is 17.2 Å². The molecule has 3 aromatic rings. The predicted octanol–water partition coefficient (Wildman–Crippen LogP) is 4.37. The van der Waals surface area contributed by atoms with Crippen LogP contribution < -0.4 is 5.32 Å². The van der Waals surface area contributed by atoms with Crippen LogP contribution in [0.2, 0.25) is 0 Å². The van der Waals surface area contributed by atoms with Crippen molar-refractivity contribution in [2.75, 3.05) is 6.54 Å². The lowest BCUT2D eigenvalue weighted by Crippen LogP contribution is -2.22. The largest absolute Gasteiger partial charge is 0.312 e. The Morgan fingerprint density at radius 1 is 1.36 bits per heavy atom. The lowest BCUT2D eigenvalue weighted by molar-refractivity contribution is -0.118. The number of carbonyl (C=O) groups excluding carboxylic acids is 1. The fraction of sp³-hybridized carbons (Fsp3) is 0.421. The minimum Gasteiger partial charge on any atom is -0.312 e. The van der Waals surface area contributed by atoms with Crippen LogP contribution in [-0.4, -0.2) is 22.3 Å². The van der Waals surface area contributed by atoms with Gasteiger partial charge in [-0.25, -0.2) is 4.98 Å². The molecule has 0 radical (unpaired) electrons. The minimum absolute atomic E-state index is 0.345. The normalized spacial score (nSPS) is 14.0. The first-order valence-electron chi connectivity index (χ1n) is 8.83. The number of nitrogens with zero attached hydrogens (tertiary/aromatic N) is 2. The van der Waals surface area contributed by atoms with Gasteiger partial charge in [-0.2, -0.15) is 0 Å². The van der Waals surface area contributed by atoms with Crippen LogP contribution in [0.25, 0.3) is 20.8 Å². The average Bonchev–Trinajstić information content (AvgIpc) is 3.20. The monoisotopic (exact) mass is 371 g/mol. The molecule has 1 aliphatic rings. The predicted molar refractivity (Wildman–Crippen MR) is 104 cm³/mol. The second-order valence-electron chi connectivity index (χ2n) is 6.41. The number of hydrogen-bond donors (Lipinski definition) is 1. The van der Waals surface area contributed by atoms with Gasteiger partial charge in [0.25, 0.3) is 0 Å². The quantitative estimate of drug-likeness (QED) is 0.699. The third-order valence-corrected chi connectivity index (χ3v) is 6.86. The third kappa shape index (κ3) is 3.38. The molecule has 0 aliphatic carbocycles. The fourth-order valence-electron chi connectivity index (χ4n) is 3.29. The maximum Gasteiger partial charge on any atom is 0.138 e. The number of aromatic nitrogens is 2. The summed E-state index contributed by atoms with van der Waals surface area (Å²) in [5.41, 5.74) is 3.57. The van der Waals surface area contributed by atoms with Gasteiger partial charge in [0, 0.05) is 40.9 Å². The van der Waals surface area contributed by atoms with E-state index in [4.69, 9.17) is 4.98 Å². The van der Waals surface area contributed by atoms with Gasteiger partial charge in [-0.3, -0.25) is 9.78 Å². The summed E-state index contributed by atoms with van der Waals surface area (Å²) in [4.78, 5) is 24.0. The van der Waals surface area contributed by atoms with Crippen molar-refractivity contribution < 1.29 is 4.79 Å². The van der Waals surface area contributed by atoms with Crippen molar-refractivity contribution in [2.24, 2.45) is 0 Å². The van der Waals surface area contributed by atoms with Crippen LogP contribution in [0, 0.1) is 0 Å². The number of unbranched alkanes of at least 4 members (excludes halogenated alkanes) is 1. The topological polar surface area (TPSA) is 54.9 Å². The van der Waals surface area contributed by atoms with Crippen molar-refractivity contribution in [3.05, 3.63) is 33.8 Å². The number of thiazole rings is 1. The number of nitrogens with one attached hydrogen (secondary N) is 1. The van der Waals surface area contributed by atoms with E-state index in [1.54, 1.807) is 22.7 Å². The van der Waals surface area contributed by atoms with Gasteiger partial charge in [0.15, 0.2) is 0 Å². The summed E-state index contributed by atoms with van der Waals surface area (Å²) in [5.74, 6) is 0.345. The number of Topliss-reactive ketones (excluding diaryl/α,β-unsaturated/α-hetero) is 1. The van der Waals surface area contributed by atoms with Crippen LogP contribution in [0.15, 0.2) is 18.5 Å². The van der Waals surface area contributed by atoms with E-state index in [-0.39, 0.29) is 0 Å². The second-order valence-corrected chi connectivity index (χ2v) is 8.63. The maximum atomic E-state index is 12.4. The van der Waals surface area contributed by atoms with Gasteiger partial charge >= 0.3 is 0 Å². The number of fused-ring (bicyclic) bond motifs is 2. The Kier molecular flexibility index (Phi) is 4.92. The molecule has 0 amide bonds. The molecule has 25 heavy (non-hydrogen) atoms. The zero-order valence-electron chi connectivity index (χ0n) is 14.3. The summed E-state index contributed by atoms with van der Waals surface area (Å²) in [6, 6.07) is 2.02. The Balaban J connectivity index is 1.76. The van der Waals surface area contributed by atoms with Crippen molar-refractivity contribution in [1.29, 1.82) is 0 Å². The van der Waals surface area contributed by atoms with Crippen molar-refractivity contribution in [2.45, 2.75) is 45.6 Å². The van der Waals surface area contributed by atoms with Crippen LogP contribution >= 0.6 is 22.7 Å². The van der Waals surface area contributed by atoms with Crippen molar-refractivity contribution in [3.8, 4) is 10.6 Å². The van der Waals surface area contributed by atoms with Crippen LogP contribution in [0.4, 0.5) is 0 Å². The molecule has 3 aromatic heterocycles. The summed E-state index contributed by atoms with van der Waals surface area (Å²) >= 11 is 3.51. The van der Waals surface area contributed by atoms with E-state index in [1.807, 2.05) is 18.5 Å². The van der Waals surface area contributed by atoms with Gasteiger partial charge in [0.05, 0.1) is 10.9 Å². The SMILES string of the molecule is CCCCC(=O)Cc1sc2c(c1-c1nc3cnccc3s1)CCNC2. The zero-order valence-corrected chi connectivity index (χ0v) is 15.9. The van der Waals surface area contributed by atoms with E-state index in [9.17, 15) is 4.79 Å². The molecule has 1 aliphatic heterocycles. The van der Waals surface area contributed by atoms with Crippen LogP contribution in [0.1, 0.15) is 41.5 Å². The highest BCUT2D eigenvalue weighted by molar-refractivity contribution is 7.22. The lowest BCUT2D eigenvalue weighted by Gasteiger charge is -2.13. The molecule has 0 saturated heterocycles. The lowest BCUT2D eigenvalue weighted by atomic mass is 10.0. The Morgan fingerprint density at radius 3 is 3.12 bits per heavy atom. The highest BCUT2D eigenvalue weighted by atomic mass is 32.1. The van der Waals surface area contributed by atoms with Gasteiger partial charge in [-0.05, 0) is 31.0 Å². The second kappa shape index (κ2) is 7.32. The van der Waals surface area contributed by atoms with Gasteiger partial charge < -0.3 is 5.32 Å². The number of thiophene rings is 1. The maximum absolute atomic E-state index is 12.4. The van der Waals surface area contributed by atoms with Crippen LogP contribution in [-0.2, 0) is 24.2 Å². The molecule has 0 atom stereocenters. The Labute approximate surface area is 155 Å². The average molecular weight is 372 g/mol. The summed E-state index contributed by atoms with van der Waals surface area (Å²) in [7, 11) is 0. The van der Waals surface area contributed by atoms with Crippen LogP contribution in [0.5, 0.6) is 0 Å². The molecule has 0 fully saturated rings. The standard InChI is InChI=1S/C19H21N3OS2/c1-2-3-4-12(23)9-16-18(13-5-7-21-11-17(13)24-16)19-22-14-10-20-8-6-15(14)25-19/h6,8,10,21H,2-5,7,9,11H2,1H3. The molecular weight excluding hydrogens is 350 g/mol. The molecule has 4 nitrogen and oxygen atoms in total. The van der Waals surface area contributed by atoms with Crippen LogP contribution in [0.3, 0.4) is 0 Å². The summed E-state index contributed by atoms with van der Waals surface area (Å²) in [6.07, 6.45) is 7.91. The molecule has 0 unspecified atom stereocenters. The third-order valence-electron chi connectivity index (χ3n) is 4.57. The molecule has 4 rings (SSSR count). The first-order chi connectivity index (χ1) is 12.3. The molecule has 4 heterocycles. The number of pyridine rings is 1. The smallest absolute Gasteiger partial charge is 0.138 e. The van der Waals surface area contributed by atoms with Crippen molar-refractivity contribution in [1.82, 2.24) is 15.3 Å². The molecule has 130 valence electrons. The number of hydrogen-bond acceptors (Lipinski definition) is 6. The van der Waals surface area contributed by atoms with Crippen molar-refractivity contribution >= 4 is 38.7 Å². The molecule has 0 spiro atoms. The number of carbonyl (C=O) groups is 1. The Hall–Kier alpha value is -1.63. The van der Waals surface area contributed by atoms with Gasteiger partial charge in [0.1, 0.15) is 16.3 Å². The van der Waals surface area contributed by atoms with Gasteiger partial charge in [-0.1, -0.05) is 13.3 Å². The fourth-order valence-corrected chi connectivity index (χ4v) is 5.74. The molecule has 0 bridgehead atoms. The molecular formula is C19H21N3OS2. The van der Waals surface area contributed by atoms with Crippen molar-refractivity contribution in [3.63, 3.8) is 0 Å². The Bertz CT molecular complexity index is 880. The first-order valence-corrected chi connectivity index (χ1v) is 10.5. The van der Waals surface area contributed by atoms with E-state index in [1.165, 1.54) is 20.9 Å².